The Labute approximate surface area is 161 Å². The minimum Gasteiger partial charge on any atom is -0.480 e. The standard InChI is InChI=1S/C16H28N2O6S2/c1-9(2)5-13(19)17-11(15(21)22)7-25-26-8-12(16(23)24)18-14(20)6-10(3)4/h9-12H,5-8H2,1-4H3,(H,17,19)(H,18,20)(H,21,22)(H,23,24)/t11-,12-/m0/s1. The summed E-state index contributed by atoms with van der Waals surface area (Å²) < 4.78 is 0. The van der Waals surface area contributed by atoms with Crippen molar-refractivity contribution < 1.29 is 29.4 Å². The lowest BCUT2D eigenvalue weighted by molar-refractivity contribution is -0.141. The first-order valence-corrected chi connectivity index (χ1v) is 10.8. The van der Waals surface area contributed by atoms with Gasteiger partial charge in [0.15, 0.2) is 0 Å². The van der Waals surface area contributed by atoms with Crippen molar-refractivity contribution in [1.29, 1.82) is 0 Å². The Kier molecular flexibility index (Phi) is 12.2. The molecule has 8 nitrogen and oxygen atoms in total. The highest BCUT2D eigenvalue weighted by Crippen LogP contribution is 2.23. The summed E-state index contributed by atoms with van der Waals surface area (Å²) in [4.78, 5) is 45.8. The van der Waals surface area contributed by atoms with Gasteiger partial charge < -0.3 is 20.8 Å². The van der Waals surface area contributed by atoms with Crippen LogP contribution < -0.4 is 10.6 Å². The Bertz CT molecular complexity index is 455. The number of nitrogens with one attached hydrogen (secondary N) is 2. The number of rotatable bonds is 13. The molecule has 4 N–H and O–H groups in total. The topological polar surface area (TPSA) is 133 Å². The zero-order valence-electron chi connectivity index (χ0n) is 15.5. The maximum absolute atomic E-state index is 11.7. The second kappa shape index (κ2) is 12.9. The lowest BCUT2D eigenvalue weighted by Crippen LogP contribution is -2.43. The Morgan fingerprint density at radius 3 is 1.27 bits per heavy atom. The molecule has 10 heteroatoms. The molecule has 26 heavy (non-hydrogen) atoms. The Morgan fingerprint density at radius 1 is 0.731 bits per heavy atom. The minimum absolute atomic E-state index is 0.0934. The molecule has 0 bridgehead atoms. The van der Waals surface area contributed by atoms with Crippen molar-refractivity contribution in [3.63, 3.8) is 0 Å². The number of hydrogen-bond donors (Lipinski definition) is 4. The van der Waals surface area contributed by atoms with Crippen molar-refractivity contribution >= 4 is 45.3 Å². The van der Waals surface area contributed by atoms with E-state index in [9.17, 15) is 19.2 Å². The number of amides is 2. The van der Waals surface area contributed by atoms with Crippen LogP contribution in [0.15, 0.2) is 0 Å². The second-order valence-corrected chi connectivity index (χ2v) is 9.23. The monoisotopic (exact) mass is 408 g/mol. The molecule has 0 saturated carbocycles. The molecule has 0 aliphatic rings. The van der Waals surface area contributed by atoms with E-state index in [1.807, 2.05) is 27.7 Å². The molecule has 0 unspecified atom stereocenters. The van der Waals surface area contributed by atoms with Crippen molar-refractivity contribution in [2.45, 2.75) is 52.6 Å². The van der Waals surface area contributed by atoms with Crippen LogP contribution in [0.1, 0.15) is 40.5 Å². The van der Waals surface area contributed by atoms with E-state index in [4.69, 9.17) is 10.2 Å². The van der Waals surface area contributed by atoms with E-state index in [1.54, 1.807) is 0 Å². The van der Waals surface area contributed by atoms with Gasteiger partial charge in [0.25, 0.3) is 0 Å². The van der Waals surface area contributed by atoms with E-state index < -0.39 is 24.0 Å². The zero-order chi connectivity index (χ0) is 20.3. The normalized spacial score (nSPS) is 13.3. The summed E-state index contributed by atoms with van der Waals surface area (Å²) in [6, 6.07) is -2.09. The summed E-state index contributed by atoms with van der Waals surface area (Å²) in [6.45, 7) is 7.44. The fraction of sp³-hybridized carbons (Fsp3) is 0.750. The maximum atomic E-state index is 11.7. The Balaban J connectivity index is 4.38. The average Bonchev–Trinajstić information content (AvgIpc) is 2.46. The van der Waals surface area contributed by atoms with Crippen molar-refractivity contribution in [3.8, 4) is 0 Å². The van der Waals surface area contributed by atoms with E-state index in [0.29, 0.717) is 0 Å². The lowest BCUT2D eigenvalue weighted by Gasteiger charge is -2.17. The molecule has 0 heterocycles. The fourth-order valence-corrected chi connectivity index (χ4v) is 4.14. The highest BCUT2D eigenvalue weighted by atomic mass is 33.1. The van der Waals surface area contributed by atoms with Crippen LogP contribution in [-0.2, 0) is 19.2 Å². The van der Waals surface area contributed by atoms with Gasteiger partial charge in [-0.05, 0) is 11.8 Å². The van der Waals surface area contributed by atoms with Gasteiger partial charge in [0.2, 0.25) is 11.8 Å². The number of carbonyl (C=O) groups excluding carboxylic acids is 2. The molecule has 0 saturated heterocycles. The summed E-state index contributed by atoms with van der Waals surface area (Å²) in [5.74, 6) is -2.52. The van der Waals surface area contributed by atoms with Gasteiger partial charge in [0.05, 0.1) is 0 Å². The summed E-state index contributed by atoms with van der Waals surface area (Å²) in [7, 11) is 2.29. The van der Waals surface area contributed by atoms with Crippen molar-refractivity contribution in [1.82, 2.24) is 10.6 Å². The molecule has 0 aromatic rings. The molecule has 2 atom stereocenters. The SMILES string of the molecule is CC(C)CC(=O)N[C@@H](CSSC[C@H](NC(=O)CC(C)C)C(=O)O)C(=O)O. The summed E-state index contributed by atoms with van der Waals surface area (Å²) in [5, 5.41) is 23.2. The molecular weight excluding hydrogens is 380 g/mol. The van der Waals surface area contributed by atoms with Crippen molar-refractivity contribution in [2.75, 3.05) is 11.5 Å². The molecule has 2 amide bonds. The number of carbonyl (C=O) groups is 4. The van der Waals surface area contributed by atoms with Crippen LogP contribution in [0.5, 0.6) is 0 Å². The predicted molar refractivity (Wildman–Crippen MR) is 103 cm³/mol. The Hall–Kier alpha value is -1.42. The number of aliphatic carboxylic acids is 2. The highest BCUT2D eigenvalue weighted by Gasteiger charge is 2.23. The first kappa shape index (κ1) is 24.6. The largest absolute Gasteiger partial charge is 0.480 e. The van der Waals surface area contributed by atoms with Gasteiger partial charge >= 0.3 is 11.9 Å². The molecule has 0 rings (SSSR count). The number of hydrogen-bond acceptors (Lipinski definition) is 6. The third kappa shape index (κ3) is 12.0. The van der Waals surface area contributed by atoms with Crippen LogP contribution in [0.4, 0.5) is 0 Å². The van der Waals surface area contributed by atoms with Crippen LogP contribution in [0, 0.1) is 11.8 Å². The first-order chi connectivity index (χ1) is 12.0. The maximum Gasteiger partial charge on any atom is 0.327 e. The molecule has 0 spiro atoms. The van der Waals surface area contributed by atoms with Gasteiger partial charge in [0.1, 0.15) is 12.1 Å². The molecule has 0 radical (unpaired) electrons. The van der Waals surface area contributed by atoms with Gasteiger partial charge in [-0.25, -0.2) is 9.59 Å². The van der Waals surface area contributed by atoms with E-state index in [-0.39, 0.29) is 48.0 Å². The van der Waals surface area contributed by atoms with E-state index >= 15 is 0 Å². The molecule has 0 fully saturated rings. The third-order valence-electron chi connectivity index (χ3n) is 3.01. The average molecular weight is 409 g/mol. The van der Waals surface area contributed by atoms with Gasteiger partial charge in [-0.15, -0.1) is 0 Å². The molecular formula is C16H28N2O6S2. The fourth-order valence-electron chi connectivity index (χ4n) is 1.83. The highest BCUT2D eigenvalue weighted by molar-refractivity contribution is 8.76. The van der Waals surface area contributed by atoms with Crippen LogP contribution in [0.25, 0.3) is 0 Å². The Morgan fingerprint density at radius 2 is 1.04 bits per heavy atom. The van der Waals surface area contributed by atoms with E-state index in [1.165, 1.54) is 0 Å². The zero-order valence-corrected chi connectivity index (χ0v) is 17.1. The van der Waals surface area contributed by atoms with Crippen molar-refractivity contribution in [3.05, 3.63) is 0 Å². The predicted octanol–water partition coefficient (Wildman–Crippen LogP) is 1.60. The van der Waals surface area contributed by atoms with Crippen LogP contribution in [0.2, 0.25) is 0 Å². The van der Waals surface area contributed by atoms with Gasteiger partial charge in [0, 0.05) is 24.3 Å². The first-order valence-electron chi connectivity index (χ1n) is 8.31. The summed E-state index contributed by atoms with van der Waals surface area (Å²) in [5.41, 5.74) is 0. The van der Waals surface area contributed by atoms with E-state index in [2.05, 4.69) is 10.6 Å². The van der Waals surface area contributed by atoms with Gasteiger partial charge in [-0.2, -0.15) is 0 Å². The van der Waals surface area contributed by atoms with Crippen molar-refractivity contribution in [2.24, 2.45) is 11.8 Å². The molecule has 0 aliphatic heterocycles. The summed E-state index contributed by atoms with van der Waals surface area (Å²) >= 11 is 0. The quantitative estimate of drug-likeness (QED) is 0.267. The minimum atomic E-state index is -1.14. The second-order valence-electron chi connectivity index (χ2n) is 6.68. The lowest BCUT2D eigenvalue weighted by atomic mass is 10.1. The number of carboxylic acid groups (broad SMARTS) is 2. The van der Waals surface area contributed by atoms with Crippen LogP contribution in [-0.4, -0.2) is 57.6 Å². The third-order valence-corrected chi connectivity index (χ3v) is 5.43. The molecule has 0 aromatic carbocycles. The molecule has 150 valence electrons. The van der Waals surface area contributed by atoms with Gasteiger partial charge in [-0.3, -0.25) is 9.59 Å². The van der Waals surface area contributed by atoms with E-state index in [0.717, 1.165) is 21.6 Å². The smallest absolute Gasteiger partial charge is 0.327 e. The molecule has 0 aromatic heterocycles. The number of carboxylic acids is 2. The van der Waals surface area contributed by atoms with Gasteiger partial charge in [-0.1, -0.05) is 49.3 Å². The van der Waals surface area contributed by atoms with Crippen LogP contribution in [0.3, 0.4) is 0 Å². The molecule has 0 aliphatic carbocycles. The van der Waals surface area contributed by atoms with Crippen LogP contribution >= 0.6 is 21.6 Å². The summed E-state index contributed by atoms with van der Waals surface area (Å²) in [6.07, 6.45) is 0.481.